The maximum absolute atomic E-state index is 13.4. The van der Waals surface area contributed by atoms with E-state index in [0.717, 1.165) is 23.3 Å². The Labute approximate surface area is 180 Å². The van der Waals surface area contributed by atoms with Crippen LogP contribution in [-0.2, 0) is 19.9 Å². The summed E-state index contributed by atoms with van der Waals surface area (Å²) in [5.41, 5.74) is 1.50. The number of rotatable bonds is 7. The van der Waals surface area contributed by atoms with Crippen LogP contribution >= 0.6 is 0 Å². The van der Waals surface area contributed by atoms with Gasteiger partial charge in [-0.3, -0.25) is 10.1 Å². The van der Waals surface area contributed by atoms with Crippen LogP contribution in [-0.4, -0.2) is 21.8 Å². The maximum Gasteiger partial charge on any atom is 0.269 e. The molecule has 0 aromatic heterocycles. The van der Waals surface area contributed by atoms with Crippen molar-refractivity contribution >= 4 is 25.5 Å². The highest BCUT2D eigenvalue weighted by Crippen LogP contribution is 2.30. The van der Waals surface area contributed by atoms with Gasteiger partial charge in [0.15, 0.2) is 15.2 Å². The normalized spacial score (nSPS) is 13.0. The summed E-state index contributed by atoms with van der Waals surface area (Å²) in [5, 5.41) is 9.27. The zero-order chi connectivity index (χ0) is 22.8. The average Bonchev–Trinajstić information content (AvgIpc) is 2.73. The van der Waals surface area contributed by atoms with E-state index in [1.54, 1.807) is 38.1 Å². The maximum atomic E-state index is 13.4. The van der Waals surface area contributed by atoms with Crippen LogP contribution in [0.3, 0.4) is 0 Å². The fraction of sp³-hybridized carbons (Fsp3) is 0.143. The number of hydrogen-bond donors (Lipinski definition) is 1. The highest BCUT2D eigenvalue weighted by Gasteiger charge is 2.34. The summed E-state index contributed by atoms with van der Waals surface area (Å²) < 4.78 is 54.9. The van der Waals surface area contributed by atoms with Crippen molar-refractivity contribution in [2.45, 2.75) is 29.0 Å². The second-order valence-electron chi connectivity index (χ2n) is 7.02. The number of hydrogen-bond acceptors (Lipinski definition) is 6. The van der Waals surface area contributed by atoms with Crippen molar-refractivity contribution in [3.05, 3.63) is 99.6 Å². The number of sulfonamides is 1. The Morgan fingerprint density at radius 3 is 1.65 bits per heavy atom. The van der Waals surface area contributed by atoms with Gasteiger partial charge < -0.3 is 0 Å². The fourth-order valence-electron chi connectivity index (χ4n) is 2.87. The second kappa shape index (κ2) is 8.58. The predicted octanol–water partition coefficient (Wildman–Crippen LogP) is 3.66. The van der Waals surface area contributed by atoms with Gasteiger partial charge in [-0.2, -0.15) is 4.72 Å². The lowest BCUT2D eigenvalue weighted by atomic mass is 10.2. The molecular weight excluding hydrogens is 440 g/mol. The smallest absolute Gasteiger partial charge is 0.258 e. The molecule has 0 aliphatic heterocycles. The summed E-state index contributed by atoms with van der Waals surface area (Å²) >= 11 is 0. The topological polar surface area (TPSA) is 123 Å². The molecule has 31 heavy (non-hydrogen) atoms. The lowest BCUT2D eigenvalue weighted by Gasteiger charge is -2.20. The van der Waals surface area contributed by atoms with Crippen LogP contribution in [0, 0.1) is 24.0 Å². The van der Waals surface area contributed by atoms with E-state index < -0.39 is 30.2 Å². The van der Waals surface area contributed by atoms with Crippen LogP contribution in [0.4, 0.5) is 5.69 Å². The average molecular weight is 461 g/mol. The number of benzene rings is 3. The van der Waals surface area contributed by atoms with Crippen molar-refractivity contribution in [3.63, 3.8) is 0 Å². The summed E-state index contributed by atoms with van der Waals surface area (Å²) in [6.45, 7) is 3.59. The van der Waals surface area contributed by atoms with Crippen molar-refractivity contribution < 1.29 is 21.8 Å². The first-order chi connectivity index (χ1) is 14.5. The molecule has 0 amide bonds. The Morgan fingerprint density at radius 1 is 0.742 bits per heavy atom. The Morgan fingerprint density at radius 2 is 1.19 bits per heavy atom. The molecule has 0 aliphatic rings. The van der Waals surface area contributed by atoms with Gasteiger partial charge in [-0.1, -0.05) is 35.4 Å². The highest BCUT2D eigenvalue weighted by atomic mass is 32.2. The Hall–Kier alpha value is -3.08. The molecule has 0 spiro atoms. The summed E-state index contributed by atoms with van der Waals surface area (Å²) in [5.74, 6) is 0. The van der Waals surface area contributed by atoms with Crippen molar-refractivity contribution in [2.75, 3.05) is 0 Å². The minimum absolute atomic E-state index is 0.0573. The van der Waals surface area contributed by atoms with Crippen molar-refractivity contribution in [3.8, 4) is 0 Å². The molecule has 3 aromatic rings. The quantitative estimate of drug-likeness (QED) is 0.424. The molecule has 3 aromatic carbocycles. The number of aryl methyl sites for hydroxylation is 2. The molecule has 0 saturated heterocycles. The van der Waals surface area contributed by atoms with Crippen LogP contribution in [0.15, 0.2) is 82.6 Å². The number of non-ortho nitro benzene ring substituents is 1. The molecule has 1 N–H and O–H groups in total. The molecule has 8 nitrogen and oxygen atoms in total. The summed E-state index contributed by atoms with van der Waals surface area (Å²) in [7, 11) is -8.43. The monoisotopic (exact) mass is 460 g/mol. The standard InChI is InChI=1S/C21H20N2O6S2/c1-15-3-11-19(12-4-15)30(26,27)21(17-7-9-18(10-8-17)23(24)25)22-31(28,29)20-13-5-16(2)6-14-20/h3-14,21-22H,1-2H3. The molecular formula is C21H20N2O6S2. The largest absolute Gasteiger partial charge is 0.269 e. The van der Waals surface area contributed by atoms with E-state index in [1.165, 1.54) is 36.4 Å². The van der Waals surface area contributed by atoms with Gasteiger partial charge in [0.2, 0.25) is 10.0 Å². The lowest BCUT2D eigenvalue weighted by molar-refractivity contribution is -0.384. The zero-order valence-corrected chi connectivity index (χ0v) is 18.4. The Kier molecular flexibility index (Phi) is 6.25. The van der Waals surface area contributed by atoms with Crippen LogP contribution in [0.5, 0.6) is 0 Å². The van der Waals surface area contributed by atoms with Gasteiger partial charge in [-0.05, 0) is 55.8 Å². The van der Waals surface area contributed by atoms with Crippen molar-refractivity contribution in [2.24, 2.45) is 0 Å². The fourth-order valence-corrected chi connectivity index (χ4v) is 6.11. The van der Waals surface area contributed by atoms with Crippen LogP contribution in [0.2, 0.25) is 0 Å². The Bertz CT molecular complexity index is 1300. The number of nitrogens with zero attached hydrogens (tertiary/aromatic N) is 1. The van der Waals surface area contributed by atoms with Crippen LogP contribution in [0.25, 0.3) is 0 Å². The van der Waals surface area contributed by atoms with E-state index >= 15 is 0 Å². The first kappa shape index (κ1) is 22.6. The number of nitro groups is 1. The van der Waals surface area contributed by atoms with Gasteiger partial charge in [0, 0.05) is 12.1 Å². The molecule has 0 bridgehead atoms. The van der Waals surface area contributed by atoms with Crippen LogP contribution < -0.4 is 4.72 Å². The van der Waals surface area contributed by atoms with E-state index in [9.17, 15) is 26.9 Å². The number of sulfone groups is 1. The van der Waals surface area contributed by atoms with Gasteiger partial charge >= 0.3 is 0 Å². The van der Waals surface area contributed by atoms with E-state index in [1.807, 2.05) is 0 Å². The van der Waals surface area contributed by atoms with Gasteiger partial charge in [-0.15, -0.1) is 0 Å². The molecule has 0 fully saturated rings. The summed E-state index contributed by atoms with van der Waals surface area (Å²) in [6.07, 6.45) is 0. The minimum atomic E-state index is -4.21. The van der Waals surface area contributed by atoms with Gasteiger partial charge in [-0.25, -0.2) is 16.8 Å². The molecule has 1 atom stereocenters. The molecule has 0 aliphatic carbocycles. The number of nitrogens with one attached hydrogen (secondary N) is 1. The van der Waals surface area contributed by atoms with E-state index in [0.29, 0.717) is 0 Å². The van der Waals surface area contributed by atoms with E-state index in [4.69, 9.17) is 0 Å². The molecule has 0 saturated carbocycles. The molecule has 162 valence electrons. The summed E-state index contributed by atoms with van der Waals surface area (Å²) in [6, 6.07) is 16.7. The second-order valence-corrected chi connectivity index (χ2v) is 10.8. The van der Waals surface area contributed by atoms with Gasteiger partial charge in [0.1, 0.15) is 0 Å². The summed E-state index contributed by atoms with van der Waals surface area (Å²) in [4.78, 5) is 10.2. The molecule has 10 heteroatoms. The molecule has 1 unspecified atom stereocenters. The van der Waals surface area contributed by atoms with Crippen molar-refractivity contribution in [1.82, 2.24) is 4.72 Å². The number of nitro benzene ring substituents is 1. The first-order valence-corrected chi connectivity index (χ1v) is 12.2. The molecule has 0 heterocycles. The van der Waals surface area contributed by atoms with Crippen LogP contribution in [0.1, 0.15) is 22.1 Å². The van der Waals surface area contributed by atoms with E-state index in [-0.39, 0.29) is 21.0 Å². The third kappa shape index (κ3) is 4.98. The van der Waals surface area contributed by atoms with E-state index in [2.05, 4.69) is 4.72 Å². The lowest BCUT2D eigenvalue weighted by Crippen LogP contribution is -2.34. The Balaban J connectivity index is 2.10. The molecule has 3 rings (SSSR count). The first-order valence-electron chi connectivity index (χ1n) is 9.14. The predicted molar refractivity (Wildman–Crippen MR) is 116 cm³/mol. The molecule has 0 radical (unpaired) electrons. The minimum Gasteiger partial charge on any atom is -0.258 e. The third-order valence-electron chi connectivity index (χ3n) is 4.66. The third-order valence-corrected chi connectivity index (χ3v) is 8.19. The highest BCUT2D eigenvalue weighted by molar-refractivity contribution is 7.94. The van der Waals surface area contributed by atoms with Gasteiger partial charge in [0.25, 0.3) is 5.69 Å². The van der Waals surface area contributed by atoms with Crippen molar-refractivity contribution in [1.29, 1.82) is 0 Å². The zero-order valence-electron chi connectivity index (χ0n) is 16.7. The van der Waals surface area contributed by atoms with Gasteiger partial charge in [0.05, 0.1) is 14.7 Å². The SMILES string of the molecule is Cc1ccc(S(=O)(=O)NC(c2ccc([N+](=O)[O-])cc2)S(=O)(=O)c2ccc(C)cc2)cc1.